The third-order valence-electron chi connectivity index (χ3n) is 11.3. The first-order valence-corrected chi connectivity index (χ1v) is 25.0. The molecule has 0 bridgehead atoms. The van der Waals surface area contributed by atoms with Gasteiger partial charge in [-0.2, -0.15) is 0 Å². The number of primary amides is 1. The van der Waals surface area contributed by atoms with Gasteiger partial charge in [0.2, 0.25) is 41.4 Å². The zero-order valence-corrected chi connectivity index (χ0v) is 41.1. The van der Waals surface area contributed by atoms with Crippen molar-refractivity contribution in [2.75, 3.05) is 18.8 Å². The van der Waals surface area contributed by atoms with E-state index < -0.39 is 94.5 Å². The number of aromatic amines is 1. The average Bonchev–Trinajstić information content (AvgIpc) is 3.71. The Hall–Kier alpha value is -6.57. The number of nitrogens with one attached hydrogen (secondary N) is 7. The van der Waals surface area contributed by atoms with Crippen LogP contribution in [0, 0.1) is 0 Å². The van der Waals surface area contributed by atoms with Crippen LogP contribution in [0.3, 0.4) is 0 Å². The van der Waals surface area contributed by atoms with E-state index in [4.69, 9.17) is 34.4 Å². The van der Waals surface area contributed by atoms with Gasteiger partial charge in [-0.05, 0) is 70.1 Å². The summed E-state index contributed by atoms with van der Waals surface area (Å²) in [6.45, 7) is 4.89. The van der Waals surface area contributed by atoms with Crippen LogP contribution in [-0.4, -0.2) is 135 Å². The van der Waals surface area contributed by atoms with Crippen molar-refractivity contribution in [3.63, 3.8) is 0 Å². The summed E-state index contributed by atoms with van der Waals surface area (Å²) in [4.78, 5) is 109. The molecule has 0 unspecified atom stereocenters. The number of nitrogens with zero attached hydrogens (tertiary/aromatic N) is 2. The first-order valence-electron chi connectivity index (χ1n) is 22.7. The molecule has 20 N–H and O–H groups in total. The molecule has 0 saturated carbocycles. The summed E-state index contributed by atoms with van der Waals surface area (Å²) < 4.78 is -1.12. The van der Waals surface area contributed by atoms with Crippen molar-refractivity contribution in [3.05, 3.63) is 71.9 Å². The number of para-hydroxylation sites is 1. The third kappa shape index (κ3) is 17.4. The fourth-order valence-electron chi connectivity index (χ4n) is 7.46. The van der Waals surface area contributed by atoms with Crippen LogP contribution in [0.1, 0.15) is 64.0 Å². The molecule has 1 fully saturated rings. The average molecular weight is 1010 g/mol. The number of guanidine groups is 2. The van der Waals surface area contributed by atoms with E-state index in [1.807, 2.05) is 24.3 Å². The highest BCUT2D eigenvalue weighted by Crippen LogP contribution is 2.39. The molecule has 2 heterocycles. The van der Waals surface area contributed by atoms with Crippen molar-refractivity contribution < 1.29 is 38.7 Å². The van der Waals surface area contributed by atoms with E-state index in [9.17, 15) is 38.7 Å². The van der Waals surface area contributed by atoms with Crippen LogP contribution in [0.2, 0.25) is 0 Å². The molecule has 1 aliphatic rings. The Bertz CT molecular complexity index is 2340. The topological polar surface area (TPSA) is 409 Å². The van der Waals surface area contributed by atoms with Gasteiger partial charge in [0, 0.05) is 53.5 Å². The van der Waals surface area contributed by atoms with Gasteiger partial charge in [0.15, 0.2) is 11.9 Å². The standard InChI is InChI=1S/C45H67N15O8S2/c1-24(61)34-42(68)58-32(21-25-11-5-4-6-12-25)40(66)56-30(16-10-19-53-44(50)51)38(64)57-33(22-26-23-54-29-15-8-7-13-27(26)29)41(67)60-35(36(47)62)45(2,3)70-69-20-17-31(39(65)59-34)55-37(63)28(46)14-9-18-52-43(48)49/h4-8,11-13,15,23-24,28,30-35,54,61H,9-10,14,16-22,46H2,1-3H3,(H2,47,62)(H,55,63)(H,56,66)(H,57,64)(H,58,68)(H,59,65)(H,60,67)(H4,48,49,52)(H4,50,51,53)/t24-,28+,30+,31+,32-,33+,34+,35-/m1/s1. The molecule has 1 aliphatic heterocycles. The molecule has 25 heteroatoms. The molecule has 382 valence electrons. The maximum Gasteiger partial charge on any atom is 0.245 e. The van der Waals surface area contributed by atoms with E-state index >= 15 is 0 Å². The Labute approximate surface area is 413 Å². The number of aliphatic hydroxyl groups is 1. The first kappa shape index (κ1) is 56.0. The Balaban J connectivity index is 1.78. The Morgan fingerprint density at radius 3 is 2.01 bits per heavy atom. The monoisotopic (exact) mass is 1010 g/mol. The molecule has 0 aliphatic carbocycles. The number of rotatable bonds is 16. The third-order valence-corrected chi connectivity index (χ3v) is 14.6. The summed E-state index contributed by atoms with van der Waals surface area (Å²) in [6, 6.07) is 6.54. The molecular weight excluding hydrogens is 943 g/mol. The summed E-state index contributed by atoms with van der Waals surface area (Å²) in [6.07, 6.45) is 0.589. The fourth-order valence-corrected chi connectivity index (χ4v) is 10.2. The number of carbonyl (C=O) groups excluding carboxylic acids is 7. The molecule has 2 aromatic carbocycles. The van der Waals surface area contributed by atoms with Gasteiger partial charge in [0.1, 0.15) is 36.3 Å². The van der Waals surface area contributed by atoms with Gasteiger partial charge in [-0.3, -0.25) is 43.5 Å². The summed E-state index contributed by atoms with van der Waals surface area (Å²) in [5, 5.41) is 27.8. The second kappa shape index (κ2) is 27.0. The zero-order valence-electron chi connectivity index (χ0n) is 39.4. The lowest BCUT2D eigenvalue weighted by Crippen LogP contribution is -2.62. The molecule has 4 rings (SSSR count). The van der Waals surface area contributed by atoms with E-state index in [0.717, 1.165) is 10.9 Å². The number of H-pyrrole nitrogens is 1. The summed E-state index contributed by atoms with van der Waals surface area (Å²) in [7, 11) is 2.38. The van der Waals surface area contributed by atoms with Crippen molar-refractivity contribution in [3.8, 4) is 0 Å². The highest BCUT2D eigenvalue weighted by molar-refractivity contribution is 8.77. The summed E-state index contributed by atoms with van der Waals surface area (Å²) in [5.41, 5.74) is 36.1. The largest absolute Gasteiger partial charge is 0.391 e. The number of nitrogens with two attached hydrogens (primary N) is 6. The quantitative estimate of drug-likeness (QED) is 0.0311. The van der Waals surface area contributed by atoms with Crippen LogP contribution in [0.4, 0.5) is 0 Å². The number of benzene rings is 2. The number of amides is 7. The van der Waals surface area contributed by atoms with E-state index in [2.05, 4.69) is 46.9 Å². The Morgan fingerprint density at radius 1 is 0.771 bits per heavy atom. The zero-order chi connectivity index (χ0) is 51.5. The van der Waals surface area contributed by atoms with Crippen molar-refractivity contribution >= 4 is 85.8 Å². The normalized spacial score (nSPS) is 22.8. The van der Waals surface area contributed by atoms with Gasteiger partial charge in [0.25, 0.3) is 0 Å². The Kier molecular flexibility index (Phi) is 21.6. The molecule has 1 aromatic heterocycles. The van der Waals surface area contributed by atoms with Gasteiger partial charge in [-0.25, -0.2) is 0 Å². The van der Waals surface area contributed by atoms with Crippen LogP contribution in [0.25, 0.3) is 10.9 Å². The molecule has 0 spiro atoms. The molecule has 8 atom stereocenters. The van der Waals surface area contributed by atoms with Crippen molar-refractivity contribution in [2.45, 2.75) is 119 Å². The van der Waals surface area contributed by atoms with Crippen LogP contribution in [0.15, 0.2) is 70.8 Å². The molecule has 23 nitrogen and oxygen atoms in total. The maximum atomic E-state index is 14.5. The highest BCUT2D eigenvalue weighted by Gasteiger charge is 2.40. The van der Waals surface area contributed by atoms with E-state index in [1.165, 1.54) is 28.5 Å². The Morgan fingerprint density at radius 2 is 1.36 bits per heavy atom. The molecule has 1 saturated heterocycles. The number of aliphatic imine (C=N–C) groups is 2. The smallest absolute Gasteiger partial charge is 0.245 e. The van der Waals surface area contributed by atoms with Crippen molar-refractivity contribution in [1.29, 1.82) is 0 Å². The van der Waals surface area contributed by atoms with E-state index in [-0.39, 0.29) is 69.3 Å². The second-order valence-electron chi connectivity index (χ2n) is 17.4. The van der Waals surface area contributed by atoms with Crippen LogP contribution in [0.5, 0.6) is 0 Å². The SMILES string of the molecule is C[C@@H](O)[C@@H]1NC(=O)[C@@H](NC(=O)[C@@H](N)CCCN=C(N)N)CCSSC(C)(C)[C@@H](C(N)=O)NC(=O)[C@H](Cc2c[nH]c3ccccc23)NC(=O)[C@H](CCCN=C(N)N)NC(=O)[C@@H](Cc2ccccc2)NC1=O. The van der Waals surface area contributed by atoms with Gasteiger partial charge in [-0.1, -0.05) is 70.1 Å². The predicted molar refractivity (Wildman–Crippen MR) is 271 cm³/mol. The van der Waals surface area contributed by atoms with Gasteiger partial charge in [0.05, 0.1) is 12.1 Å². The fraction of sp³-hybridized carbons (Fsp3) is 0.489. The van der Waals surface area contributed by atoms with E-state index in [1.54, 1.807) is 50.4 Å². The minimum absolute atomic E-state index is 0.0455. The molecule has 0 radical (unpaired) electrons. The lowest BCUT2D eigenvalue weighted by molar-refractivity contribution is -0.136. The van der Waals surface area contributed by atoms with Gasteiger partial charge >= 0.3 is 0 Å². The number of aliphatic hydroxyl groups excluding tert-OH is 1. The second-order valence-corrected chi connectivity index (χ2v) is 20.4. The molecule has 3 aromatic rings. The van der Waals surface area contributed by atoms with Crippen LogP contribution < -0.4 is 66.3 Å². The summed E-state index contributed by atoms with van der Waals surface area (Å²) in [5.74, 6) is -5.94. The van der Waals surface area contributed by atoms with Crippen molar-refractivity contribution in [2.24, 2.45) is 44.4 Å². The number of hydrogen-bond donors (Lipinski definition) is 14. The number of carbonyl (C=O) groups is 7. The van der Waals surface area contributed by atoms with Crippen LogP contribution in [-0.2, 0) is 46.4 Å². The molecule has 7 amide bonds. The predicted octanol–water partition coefficient (Wildman–Crippen LogP) is -2.27. The van der Waals surface area contributed by atoms with Gasteiger partial charge < -0.3 is 76.4 Å². The number of fused-ring (bicyclic) bond motifs is 1. The number of aromatic nitrogens is 1. The molecule has 70 heavy (non-hydrogen) atoms. The van der Waals surface area contributed by atoms with Crippen LogP contribution >= 0.6 is 21.6 Å². The van der Waals surface area contributed by atoms with Gasteiger partial charge in [-0.15, -0.1) is 0 Å². The number of hydrogen-bond acceptors (Lipinski definition) is 13. The lowest BCUT2D eigenvalue weighted by Gasteiger charge is -2.33. The van der Waals surface area contributed by atoms with E-state index in [0.29, 0.717) is 17.5 Å². The summed E-state index contributed by atoms with van der Waals surface area (Å²) >= 11 is 0. The highest BCUT2D eigenvalue weighted by atomic mass is 33.1. The van der Waals surface area contributed by atoms with Crippen molar-refractivity contribution in [1.82, 2.24) is 36.9 Å². The lowest BCUT2D eigenvalue weighted by atomic mass is 9.99. The minimum Gasteiger partial charge on any atom is -0.391 e. The molecular formula is C45H67N15O8S2. The first-order chi connectivity index (χ1) is 33.2. The minimum atomic E-state index is -1.65. The maximum absolute atomic E-state index is 14.5.